The minimum Gasteiger partial charge on any atom is -0.373 e. The zero-order chi connectivity index (χ0) is 12.1. The summed E-state index contributed by atoms with van der Waals surface area (Å²) in [5.74, 6) is 1.80. The minimum absolute atomic E-state index is 0.441. The highest BCUT2D eigenvalue weighted by Gasteiger charge is 2.18. The Morgan fingerprint density at radius 1 is 1.35 bits per heavy atom. The summed E-state index contributed by atoms with van der Waals surface area (Å²) >= 11 is 0. The van der Waals surface area contributed by atoms with Crippen LogP contribution in [-0.4, -0.2) is 18.1 Å². The fourth-order valence-corrected chi connectivity index (χ4v) is 2.38. The monoisotopic (exact) mass is 234 g/mol. The van der Waals surface area contributed by atoms with Gasteiger partial charge in [0.1, 0.15) is 5.82 Å². The fourth-order valence-electron chi connectivity index (χ4n) is 2.38. The van der Waals surface area contributed by atoms with Gasteiger partial charge in [-0.2, -0.15) is 0 Å². The van der Waals surface area contributed by atoms with Crippen LogP contribution in [-0.2, 0) is 11.3 Å². The Hall–Kier alpha value is -1.09. The molecule has 3 nitrogen and oxygen atoms in total. The van der Waals surface area contributed by atoms with Crippen molar-refractivity contribution in [1.29, 1.82) is 0 Å². The van der Waals surface area contributed by atoms with Crippen LogP contribution in [0.25, 0.3) is 0 Å². The molecule has 2 rings (SSSR count). The minimum atomic E-state index is 0.441. The molecule has 17 heavy (non-hydrogen) atoms. The maximum Gasteiger partial charge on any atom is 0.131 e. The van der Waals surface area contributed by atoms with Crippen molar-refractivity contribution in [3.05, 3.63) is 23.9 Å². The van der Waals surface area contributed by atoms with Gasteiger partial charge in [0.05, 0.1) is 12.7 Å². The van der Waals surface area contributed by atoms with Gasteiger partial charge in [0.25, 0.3) is 0 Å². The van der Waals surface area contributed by atoms with Crippen LogP contribution in [0.15, 0.2) is 18.3 Å². The standard InChI is InChI=1S/C14H22N2O/c1-11-5-7-13(8-6-11)17-10-12-4-3-9-16-14(12)15-2/h3-4,9,11,13H,5-8,10H2,1-2H3,(H,15,16). The summed E-state index contributed by atoms with van der Waals surface area (Å²) in [5, 5.41) is 3.10. The van der Waals surface area contributed by atoms with Crippen molar-refractivity contribution in [1.82, 2.24) is 4.98 Å². The van der Waals surface area contributed by atoms with Crippen LogP contribution in [0.5, 0.6) is 0 Å². The van der Waals surface area contributed by atoms with Crippen LogP contribution in [0.4, 0.5) is 5.82 Å². The van der Waals surface area contributed by atoms with E-state index in [0.29, 0.717) is 12.7 Å². The molecule has 0 saturated heterocycles. The normalized spacial score (nSPS) is 24.6. The first-order valence-corrected chi connectivity index (χ1v) is 6.53. The average Bonchev–Trinajstić information content (AvgIpc) is 2.38. The second-order valence-electron chi connectivity index (χ2n) is 4.95. The molecule has 1 heterocycles. The molecule has 0 aromatic carbocycles. The first-order chi connectivity index (χ1) is 8.29. The van der Waals surface area contributed by atoms with Crippen molar-refractivity contribution in [2.75, 3.05) is 12.4 Å². The molecule has 0 unspecified atom stereocenters. The summed E-state index contributed by atoms with van der Waals surface area (Å²) < 4.78 is 5.98. The highest BCUT2D eigenvalue weighted by atomic mass is 16.5. The van der Waals surface area contributed by atoms with Crippen molar-refractivity contribution in [3.63, 3.8) is 0 Å². The van der Waals surface area contributed by atoms with Crippen molar-refractivity contribution >= 4 is 5.82 Å². The molecule has 3 heteroatoms. The van der Waals surface area contributed by atoms with E-state index in [1.165, 1.54) is 25.7 Å². The quantitative estimate of drug-likeness (QED) is 0.868. The molecular weight excluding hydrogens is 212 g/mol. The third-order valence-electron chi connectivity index (χ3n) is 3.57. The Bertz CT molecular complexity index is 346. The van der Waals surface area contributed by atoms with Crippen molar-refractivity contribution in [2.45, 2.75) is 45.3 Å². The summed E-state index contributed by atoms with van der Waals surface area (Å²) in [6.45, 7) is 3.00. The molecule has 0 spiro atoms. The van der Waals surface area contributed by atoms with E-state index >= 15 is 0 Å². The number of anilines is 1. The molecule has 0 amide bonds. The van der Waals surface area contributed by atoms with Gasteiger partial charge in [0.2, 0.25) is 0 Å². The van der Waals surface area contributed by atoms with Crippen molar-refractivity contribution in [2.24, 2.45) is 5.92 Å². The lowest BCUT2D eigenvalue weighted by molar-refractivity contribution is 0.00892. The van der Waals surface area contributed by atoms with E-state index in [-0.39, 0.29) is 0 Å². The van der Waals surface area contributed by atoms with Gasteiger partial charge >= 0.3 is 0 Å². The predicted molar refractivity (Wildman–Crippen MR) is 70.0 cm³/mol. The van der Waals surface area contributed by atoms with Crippen LogP contribution < -0.4 is 5.32 Å². The number of nitrogens with one attached hydrogen (secondary N) is 1. The van der Waals surface area contributed by atoms with E-state index in [9.17, 15) is 0 Å². The summed E-state index contributed by atoms with van der Waals surface area (Å²) in [6.07, 6.45) is 7.26. The zero-order valence-corrected chi connectivity index (χ0v) is 10.8. The zero-order valence-electron chi connectivity index (χ0n) is 10.8. The molecule has 1 N–H and O–H groups in total. The topological polar surface area (TPSA) is 34.2 Å². The van der Waals surface area contributed by atoms with E-state index in [4.69, 9.17) is 4.74 Å². The van der Waals surface area contributed by atoms with Crippen molar-refractivity contribution in [3.8, 4) is 0 Å². The second-order valence-corrected chi connectivity index (χ2v) is 4.95. The molecule has 0 radical (unpaired) electrons. The van der Waals surface area contributed by atoms with E-state index in [1.807, 2.05) is 13.1 Å². The summed E-state index contributed by atoms with van der Waals surface area (Å²) in [7, 11) is 1.90. The first kappa shape index (κ1) is 12.4. The summed E-state index contributed by atoms with van der Waals surface area (Å²) in [5.41, 5.74) is 1.15. The van der Waals surface area contributed by atoms with E-state index in [0.717, 1.165) is 17.3 Å². The van der Waals surface area contributed by atoms with Crippen molar-refractivity contribution < 1.29 is 4.74 Å². The van der Waals surface area contributed by atoms with Gasteiger partial charge in [-0.3, -0.25) is 0 Å². The van der Waals surface area contributed by atoms with Crippen LogP contribution in [0.1, 0.15) is 38.2 Å². The number of pyridine rings is 1. The number of hydrogen-bond acceptors (Lipinski definition) is 3. The molecule has 1 aliphatic carbocycles. The molecule has 1 saturated carbocycles. The molecule has 1 aliphatic rings. The van der Waals surface area contributed by atoms with Gasteiger partial charge in [-0.15, -0.1) is 0 Å². The number of ether oxygens (including phenoxy) is 1. The van der Waals surface area contributed by atoms with Gasteiger partial charge in [-0.25, -0.2) is 4.98 Å². The summed E-state index contributed by atoms with van der Waals surface area (Å²) in [6, 6.07) is 4.03. The van der Waals surface area contributed by atoms with E-state index < -0.39 is 0 Å². The van der Waals surface area contributed by atoms with Gasteiger partial charge in [0, 0.05) is 18.8 Å². The Morgan fingerprint density at radius 2 is 2.12 bits per heavy atom. The summed E-state index contributed by atoms with van der Waals surface area (Å²) in [4.78, 5) is 4.28. The lowest BCUT2D eigenvalue weighted by Gasteiger charge is -2.26. The molecule has 1 aromatic rings. The maximum atomic E-state index is 5.98. The van der Waals surface area contributed by atoms with Gasteiger partial charge in [-0.05, 0) is 37.7 Å². The van der Waals surface area contributed by atoms with Crippen LogP contribution in [0.3, 0.4) is 0 Å². The fraction of sp³-hybridized carbons (Fsp3) is 0.643. The van der Waals surface area contributed by atoms with Crippen LogP contribution in [0, 0.1) is 5.92 Å². The molecule has 0 atom stereocenters. The lowest BCUT2D eigenvalue weighted by Crippen LogP contribution is -2.20. The lowest BCUT2D eigenvalue weighted by atomic mass is 9.89. The Labute approximate surface area is 104 Å². The highest BCUT2D eigenvalue weighted by Crippen LogP contribution is 2.26. The van der Waals surface area contributed by atoms with Crippen LogP contribution in [0.2, 0.25) is 0 Å². The number of rotatable bonds is 4. The molecule has 1 fully saturated rings. The molecule has 94 valence electrons. The van der Waals surface area contributed by atoms with E-state index in [2.05, 4.69) is 23.3 Å². The average molecular weight is 234 g/mol. The van der Waals surface area contributed by atoms with Gasteiger partial charge in [-0.1, -0.05) is 13.0 Å². The highest BCUT2D eigenvalue weighted by molar-refractivity contribution is 5.42. The molecular formula is C14H22N2O. The number of hydrogen-bond donors (Lipinski definition) is 1. The Kier molecular flexibility index (Phi) is 4.37. The Morgan fingerprint density at radius 3 is 2.82 bits per heavy atom. The first-order valence-electron chi connectivity index (χ1n) is 6.53. The molecule has 0 aliphatic heterocycles. The van der Waals surface area contributed by atoms with E-state index in [1.54, 1.807) is 6.20 Å². The SMILES string of the molecule is CNc1ncccc1COC1CCC(C)CC1. The number of aromatic nitrogens is 1. The van der Waals surface area contributed by atoms with Gasteiger partial charge < -0.3 is 10.1 Å². The maximum absolute atomic E-state index is 5.98. The third kappa shape index (κ3) is 3.43. The van der Waals surface area contributed by atoms with Gasteiger partial charge in [0.15, 0.2) is 0 Å². The molecule has 0 bridgehead atoms. The largest absolute Gasteiger partial charge is 0.373 e. The Balaban J connectivity index is 1.85. The van der Waals surface area contributed by atoms with Crippen LogP contribution >= 0.6 is 0 Å². The third-order valence-corrected chi connectivity index (χ3v) is 3.57. The second kappa shape index (κ2) is 6.01. The smallest absolute Gasteiger partial charge is 0.131 e. The predicted octanol–water partition coefficient (Wildman–Crippen LogP) is 3.22. The molecule has 1 aromatic heterocycles. The number of nitrogens with zero attached hydrogens (tertiary/aromatic N) is 1.